The summed E-state index contributed by atoms with van der Waals surface area (Å²) in [4.78, 5) is 24.8. The zero-order valence-electron chi connectivity index (χ0n) is 11.4. The van der Waals surface area contributed by atoms with Crippen molar-refractivity contribution in [1.82, 2.24) is 0 Å². The largest absolute Gasteiger partial charge is 0.422 e. The maximum Gasteiger partial charge on any atom is 0.344 e. The van der Waals surface area contributed by atoms with E-state index >= 15 is 0 Å². The highest BCUT2D eigenvalue weighted by Crippen LogP contribution is 2.36. The molecule has 22 heavy (non-hydrogen) atoms. The van der Waals surface area contributed by atoms with Gasteiger partial charge in [-0.2, -0.15) is 0 Å². The molecule has 0 aromatic heterocycles. The fourth-order valence-electron chi connectivity index (χ4n) is 2.59. The highest BCUT2D eigenvalue weighted by molar-refractivity contribution is 6.07. The van der Waals surface area contributed by atoms with Gasteiger partial charge >= 0.3 is 11.9 Å². The molecule has 0 atom stereocenters. The van der Waals surface area contributed by atoms with E-state index in [1.807, 2.05) is 12.1 Å². The zero-order valence-corrected chi connectivity index (χ0v) is 11.4. The van der Waals surface area contributed by atoms with Gasteiger partial charge in [0.25, 0.3) is 0 Å². The Morgan fingerprint density at radius 3 is 1.59 bits per heavy atom. The first kappa shape index (κ1) is 12.6. The average molecular weight is 290 g/mol. The first-order valence-electron chi connectivity index (χ1n) is 6.79. The third kappa shape index (κ3) is 1.85. The van der Waals surface area contributed by atoms with Crippen molar-refractivity contribution in [3.63, 3.8) is 0 Å². The number of hydrogen-bond acceptors (Lipinski definition) is 4. The number of esters is 2. The topological polar surface area (TPSA) is 52.6 Å². The van der Waals surface area contributed by atoms with Crippen molar-refractivity contribution >= 4 is 22.7 Å². The molecule has 106 valence electrons. The molecule has 0 fully saturated rings. The molecule has 3 aromatic carbocycles. The molecular formula is C18H10O4. The second-order valence-corrected chi connectivity index (χ2v) is 4.94. The quantitative estimate of drug-likeness (QED) is 0.469. The molecule has 0 spiro atoms. The molecule has 0 aliphatic carbocycles. The first-order valence-corrected chi connectivity index (χ1v) is 6.79. The summed E-state index contributed by atoms with van der Waals surface area (Å²) in [5.41, 5.74) is 0.384. The van der Waals surface area contributed by atoms with Crippen LogP contribution in [0.25, 0.3) is 10.8 Å². The Morgan fingerprint density at radius 2 is 1.09 bits per heavy atom. The number of benzene rings is 3. The van der Waals surface area contributed by atoms with E-state index < -0.39 is 11.9 Å². The zero-order chi connectivity index (χ0) is 15.1. The third-order valence-corrected chi connectivity index (χ3v) is 3.60. The van der Waals surface area contributed by atoms with Crippen LogP contribution in [0.4, 0.5) is 0 Å². The van der Waals surface area contributed by atoms with Crippen molar-refractivity contribution in [2.45, 2.75) is 0 Å². The van der Waals surface area contributed by atoms with E-state index in [1.54, 1.807) is 48.5 Å². The predicted octanol–water partition coefficient (Wildman–Crippen LogP) is 3.59. The highest BCUT2D eigenvalue weighted by Gasteiger charge is 2.24. The molecule has 0 unspecified atom stereocenters. The second kappa shape index (κ2) is 4.70. The predicted molar refractivity (Wildman–Crippen MR) is 80.3 cm³/mol. The smallest absolute Gasteiger partial charge is 0.344 e. The lowest BCUT2D eigenvalue weighted by atomic mass is 10.1. The summed E-state index contributed by atoms with van der Waals surface area (Å²) in [6.45, 7) is 0. The number of carbonyl (C=O) groups is 2. The van der Waals surface area contributed by atoms with E-state index in [0.29, 0.717) is 16.9 Å². The van der Waals surface area contributed by atoms with E-state index in [1.165, 1.54) is 0 Å². The molecule has 1 aliphatic heterocycles. The van der Waals surface area contributed by atoms with Crippen LogP contribution in [0.5, 0.6) is 11.5 Å². The van der Waals surface area contributed by atoms with Gasteiger partial charge in [0.15, 0.2) is 0 Å². The van der Waals surface area contributed by atoms with E-state index in [9.17, 15) is 9.59 Å². The average Bonchev–Trinajstić information content (AvgIpc) is 2.58. The van der Waals surface area contributed by atoms with Gasteiger partial charge in [0.05, 0.1) is 16.5 Å². The number of ether oxygens (including phenoxy) is 2. The van der Waals surface area contributed by atoms with Gasteiger partial charge in [-0.25, -0.2) is 9.59 Å². The Kier molecular flexibility index (Phi) is 2.69. The Morgan fingerprint density at radius 1 is 0.591 bits per heavy atom. The summed E-state index contributed by atoms with van der Waals surface area (Å²) in [7, 11) is 0. The minimum atomic E-state index is -0.572. The van der Waals surface area contributed by atoms with Crippen molar-refractivity contribution in [2.24, 2.45) is 0 Å². The summed E-state index contributed by atoms with van der Waals surface area (Å²) < 4.78 is 11.0. The van der Waals surface area contributed by atoms with Crippen molar-refractivity contribution in [3.8, 4) is 11.5 Å². The summed E-state index contributed by atoms with van der Waals surface area (Å²) in [6.07, 6.45) is 0. The number of rotatable bonds is 0. The van der Waals surface area contributed by atoms with Crippen molar-refractivity contribution in [3.05, 3.63) is 71.8 Å². The normalized spacial score (nSPS) is 13.5. The van der Waals surface area contributed by atoms with Crippen LogP contribution < -0.4 is 9.47 Å². The molecule has 0 bridgehead atoms. The van der Waals surface area contributed by atoms with Crippen molar-refractivity contribution in [1.29, 1.82) is 0 Å². The minimum absolute atomic E-state index is 0.192. The van der Waals surface area contributed by atoms with Crippen LogP contribution in [0, 0.1) is 0 Å². The van der Waals surface area contributed by atoms with Gasteiger partial charge in [0.2, 0.25) is 0 Å². The Labute approximate surface area is 125 Å². The molecule has 1 aliphatic rings. The monoisotopic (exact) mass is 290 g/mol. The van der Waals surface area contributed by atoms with Crippen LogP contribution in [0.15, 0.2) is 60.7 Å². The van der Waals surface area contributed by atoms with Crippen LogP contribution >= 0.6 is 0 Å². The van der Waals surface area contributed by atoms with Crippen LogP contribution in [0.2, 0.25) is 0 Å². The molecule has 4 nitrogen and oxygen atoms in total. The van der Waals surface area contributed by atoms with Gasteiger partial charge in [-0.05, 0) is 29.7 Å². The highest BCUT2D eigenvalue weighted by atomic mass is 16.5. The molecule has 3 aromatic rings. The molecule has 0 amide bonds. The molecule has 0 saturated heterocycles. The lowest BCUT2D eigenvalue weighted by Crippen LogP contribution is -2.15. The Bertz CT molecular complexity index is 856. The maximum absolute atomic E-state index is 12.4. The summed E-state index contributed by atoms with van der Waals surface area (Å²) in [6, 6.07) is 17.2. The molecule has 0 saturated carbocycles. The third-order valence-electron chi connectivity index (χ3n) is 3.60. The van der Waals surface area contributed by atoms with Crippen molar-refractivity contribution < 1.29 is 19.1 Å². The fourth-order valence-corrected chi connectivity index (χ4v) is 2.59. The summed E-state index contributed by atoms with van der Waals surface area (Å²) >= 11 is 0. The van der Waals surface area contributed by atoms with Gasteiger partial charge in [0.1, 0.15) is 11.5 Å². The molecule has 4 rings (SSSR count). The van der Waals surface area contributed by atoms with Gasteiger partial charge in [-0.1, -0.05) is 36.4 Å². The summed E-state index contributed by atoms with van der Waals surface area (Å²) in [5.74, 6) is -0.390. The Balaban J connectivity index is 2.02. The summed E-state index contributed by atoms with van der Waals surface area (Å²) in [5, 5.41) is 1.45. The Hall–Kier alpha value is -3.14. The van der Waals surface area contributed by atoms with E-state index in [2.05, 4.69) is 0 Å². The first-order chi connectivity index (χ1) is 10.7. The molecule has 4 heteroatoms. The SMILES string of the molecule is O=C1Oc2cccc3cccc(c23)OC(=O)c2ccccc21. The van der Waals surface area contributed by atoms with Gasteiger partial charge in [-0.3, -0.25) is 0 Å². The van der Waals surface area contributed by atoms with E-state index in [0.717, 1.165) is 5.39 Å². The minimum Gasteiger partial charge on any atom is -0.422 e. The second-order valence-electron chi connectivity index (χ2n) is 4.94. The standard InChI is InChI=1S/C18H10O4/c19-17-12-7-1-2-8-13(12)18(20)22-15-10-4-6-11-5-3-9-14(21-17)16(11)15/h1-10H. The molecule has 0 N–H and O–H groups in total. The number of carbonyl (C=O) groups excluding carboxylic acids is 2. The van der Waals surface area contributed by atoms with Gasteiger partial charge in [-0.15, -0.1) is 0 Å². The molecule has 1 heterocycles. The van der Waals surface area contributed by atoms with Crippen molar-refractivity contribution in [2.75, 3.05) is 0 Å². The maximum atomic E-state index is 12.4. The van der Waals surface area contributed by atoms with E-state index in [4.69, 9.17) is 9.47 Å². The van der Waals surface area contributed by atoms with E-state index in [-0.39, 0.29) is 11.1 Å². The lowest BCUT2D eigenvalue weighted by molar-refractivity contribution is 0.0703. The fraction of sp³-hybridized carbons (Fsp3) is 0. The van der Waals surface area contributed by atoms with Gasteiger partial charge in [0, 0.05) is 0 Å². The van der Waals surface area contributed by atoms with Crippen LogP contribution in [-0.4, -0.2) is 11.9 Å². The molecule has 0 radical (unpaired) electrons. The molecular weight excluding hydrogens is 280 g/mol. The number of hydrogen-bond donors (Lipinski definition) is 0. The van der Waals surface area contributed by atoms with Gasteiger partial charge < -0.3 is 9.47 Å². The lowest BCUT2D eigenvalue weighted by Gasteiger charge is -2.09. The van der Waals surface area contributed by atoms with Crippen LogP contribution in [0.3, 0.4) is 0 Å². The van der Waals surface area contributed by atoms with Crippen LogP contribution in [0.1, 0.15) is 20.7 Å². The van der Waals surface area contributed by atoms with Crippen LogP contribution in [-0.2, 0) is 0 Å². The number of fused-ring (bicyclic) bond motifs is 1.